The molecule has 0 saturated carbocycles. The van der Waals surface area contributed by atoms with Crippen molar-refractivity contribution in [2.75, 3.05) is 20.5 Å². The molecule has 1 aromatic heterocycles. The van der Waals surface area contributed by atoms with E-state index in [2.05, 4.69) is 15.2 Å². The maximum atomic E-state index is 5.23. The molecule has 6 nitrogen and oxygen atoms in total. The molecule has 0 aliphatic carbocycles. The molecule has 0 bridgehead atoms. The lowest BCUT2D eigenvalue weighted by Crippen LogP contribution is -1.96. The van der Waals surface area contributed by atoms with E-state index >= 15 is 0 Å². The van der Waals surface area contributed by atoms with Crippen LogP contribution in [0.4, 0.5) is 0 Å². The quantitative estimate of drug-likeness (QED) is 0.617. The molecule has 0 atom stereocenters. The first-order chi connectivity index (χ1) is 9.28. The van der Waals surface area contributed by atoms with Crippen molar-refractivity contribution in [3.05, 3.63) is 30.1 Å². The zero-order valence-electron chi connectivity index (χ0n) is 10.9. The van der Waals surface area contributed by atoms with E-state index in [0.717, 1.165) is 10.7 Å². The van der Waals surface area contributed by atoms with Crippen LogP contribution in [0.15, 0.2) is 34.8 Å². The fraction of sp³-hybridized carbons (Fsp3) is 0.250. The van der Waals surface area contributed by atoms with Gasteiger partial charge in [0.05, 0.1) is 20.4 Å². The van der Waals surface area contributed by atoms with Gasteiger partial charge >= 0.3 is 0 Å². The lowest BCUT2D eigenvalue weighted by molar-refractivity contribution is 0.355. The minimum absolute atomic E-state index is 0.662. The van der Waals surface area contributed by atoms with E-state index in [1.54, 1.807) is 20.4 Å². The van der Waals surface area contributed by atoms with E-state index in [0.29, 0.717) is 11.5 Å². The van der Waals surface area contributed by atoms with Crippen LogP contribution in [0.5, 0.6) is 11.5 Å². The monoisotopic (exact) mass is 278 g/mol. The summed E-state index contributed by atoms with van der Waals surface area (Å²) >= 11 is 1.48. The van der Waals surface area contributed by atoms with Crippen molar-refractivity contribution in [1.29, 1.82) is 0 Å². The van der Waals surface area contributed by atoms with E-state index in [-0.39, 0.29) is 0 Å². The molecular formula is C12H14N4O2S. The molecule has 0 aliphatic rings. The number of thioether (sulfide) groups is 1. The Bertz CT molecular complexity index is 583. The van der Waals surface area contributed by atoms with Gasteiger partial charge in [-0.15, -0.1) is 9.89 Å². The Labute approximate surface area is 115 Å². The molecule has 100 valence electrons. The number of hydrogen-bond donors (Lipinski definition) is 0. The van der Waals surface area contributed by atoms with Crippen LogP contribution in [-0.2, 0) is 0 Å². The molecule has 0 amide bonds. The molecule has 0 N–H and O–H groups in total. The van der Waals surface area contributed by atoms with Crippen LogP contribution in [0, 0.1) is 0 Å². The van der Waals surface area contributed by atoms with Gasteiger partial charge in [0.1, 0.15) is 6.33 Å². The van der Waals surface area contributed by atoms with Gasteiger partial charge < -0.3 is 9.47 Å². The summed E-state index contributed by atoms with van der Waals surface area (Å²) in [5, 5.41) is 8.98. The van der Waals surface area contributed by atoms with Gasteiger partial charge in [0.2, 0.25) is 5.16 Å². The summed E-state index contributed by atoms with van der Waals surface area (Å²) in [4.78, 5) is 5.54. The minimum atomic E-state index is 0.662. The van der Waals surface area contributed by atoms with Crippen LogP contribution in [0.25, 0.3) is 0 Å². The number of ether oxygens (including phenoxy) is 2. The highest BCUT2D eigenvalue weighted by atomic mass is 32.2. The molecule has 0 aliphatic heterocycles. The maximum absolute atomic E-state index is 5.23. The van der Waals surface area contributed by atoms with Crippen LogP contribution in [0.3, 0.4) is 0 Å². The standard InChI is InChI=1S/C12H14N4O2S/c1-17-10-5-4-9(6-11(10)18-2)7-14-16-12(19-3)13-8-15-16/h4-8H,1-3H3. The molecule has 1 aromatic carbocycles. The average Bonchev–Trinajstić information content (AvgIpc) is 2.92. The Hall–Kier alpha value is -2.02. The predicted octanol–water partition coefficient (Wildman–Crippen LogP) is 1.90. The molecular weight excluding hydrogens is 264 g/mol. The summed E-state index contributed by atoms with van der Waals surface area (Å²) in [5.41, 5.74) is 0.889. The number of benzene rings is 1. The number of methoxy groups -OCH3 is 2. The van der Waals surface area contributed by atoms with E-state index in [4.69, 9.17) is 9.47 Å². The highest BCUT2D eigenvalue weighted by Gasteiger charge is 2.04. The molecule has 2 aromatic rings. The third kappa shape index (κ3) is 3.05. The largest absolute Gasteiger partial charge is 0.493 e. The fourth-order valence-corrected chi connectivity index (χ4v) is 1.90. The van der Waals surface area contributed by atoms with Gasteiger partial charge in [-0.3, -0.25) is 0 Å². The lowest BCUT2D eigenvalue weighted by atomic mass is 10.2. The van der Waals surface area contributed by atoms with Crippen LogP contribution >= 0.6 is 11.8 Å². The third-order valence-electron chi connectivity index (χ3n) is 2.41. The molecule has 7 heteroatoms. The molecule has 0 radical (unpaired) electrons. The van der Waals surface area contributed by atoms with Crippen molar-refractivity contribution in [3.63, 3.8) is 0 Å². The zero-order valence-corrected chi connectivity index (χ0v) is 11.7. The summed E-state index contributed by atoms with van der Waals surface area (Å²) in [6.45, 7) is 0. The van der Waals surface area contributed by atoms with Gasteiger partial charge in [-0.1, -0.05) is 11.8 Å². The predicted molar refractivity (Wildman–Crippen MR) is 74.3 cm³/mol. The Morgan fingerprint density at radius 1 is 1.26 bits per heavy atom. The van der Waals surface area contributed by atoms with Crippen molar-refractivity contribution in [2.45, 2.75) is 5.16 Å². The van der Waals surface area contributed by atoms with E-state index in [1.165, 1.54) is 22.9 Å². The first kappa shape index (κ1) is 13.4. The number of rotatable bonds is 5. The van der Waals surface area contributed by atoms with Crippen LogP contribution in [-0.4, -0.2) is 41.6 Å². The first-order valence-corrected chi connectivity index (χ1v) is 6.71. The first-order valence-electron chi connectivity index (χ1n) is 5.49. The van der Waals surface area contributed by atoms with Crippen molar-refractivity contribution < 1.29 is 9.47 Å². The second kappa shape index (κ2) is 6.24. The number of hydrogen-bond acceptors (Lipinski definition) is 6. The maximum Gasteiger partial charge on any atom is 0.210 e. The minimum Gasteiger partial charge on any atom is -0.493 e. The lowest BCUT2D eigenvalue weighted by Gasteiger charge is -2.07. The number of aromatic nitrogens is 3. The molecule has 0 spiro atoms. The Morgan fingerprint density at radius 3 is 2.74 bits per heavy atom. The van der Waals surface area contributed by atoms with Gasteiger partial charge in [-0.2, -0.15) is 5.10 Å². The van der Waals surface area contributed by atoms with Gasteiger partial charge in [-0.25, -0.2) is 4.98 Å². The summed E-state index contributed by atoms with van der Waals surface area (Å²) in [6, 6.07) is 5.57. The van der Waals surface area contributed by atoms with Crippen molar-refractivity contribution in [3.8, 4) is 11.5 Å². The topological polar surface area (TPSA) is 61.5 Å². The van der Waals surface area contributed by atoms with E-state index in [9.17, 15) is 0 Å². The zero-order chi connectivity index (χ0) is 13.7. The third-order valence-corrected chi connectivity index (χ3v) is 3.04. The molecule has 0 unspecified atom stereocenters. The van der Waals surface area contributed by atoms with Gasteiger partial charge in [0.15, 0.2) is 11.5 Å². The molecule has 1 heterocycles. The Kier molecular flexibility index (Phi) is 4.40. The van der Waals surface area contributed by atoms with Crippen LogP contribution < -0.4 is 9.47 Å². The van der Waals surface area contributed by atoms with Crippen molar-refractivity contribution in [1.82, 2.24) is 14.9 Å². The fourth-order valence-electron chi connectivity index (χ4n) is 1.49. The molecule has 19 heavy (non-hydrogen) atoms. The summed E-state index contributed by atoms with van der Waals surface area (Å²) < 4.78 is 10.4. The van der Waals surface area contributed by atoms with Crippen LogP contribution in [0.1, 0.15) is 5.56 Å². The highest BCUT2D eigenvalue weighted by molar-refractivity contribution is 7.98. The van der Waals surface area contributed by atoms with Gasteiger partial charge in [0.25, 0.3) is 0 Å². The van der Waals surface area contributed by atoms with Gasteiger partial charge in [-0.05, 0) is 30.0 Å². The molecule has 0 saturated heterocycles. The Balaban J connectivity index is 2.24. The number of nitrogens with zero attached hydrogens (tertiary/aromatic N) is 4. The highest BCUT2D eigenvalue weighted by Crippen LogP contribution is 2.26. The molecule has 0 fully saturated rings. The van der Waals surface area contributed by atoms with Crippen LogP contribution in [0.2, 0.25) is 0 Å². The summed E-state index contributed by atoms with van der Waals surface area (Å²) in [7, 11) is 3.20. The second-order valence-corrected chi connectivity index (χ2v) is 4.27. The summed E-state index contributed by atoms with van der Waals surface area (Å²) in [5.74, 6) is 1.35. The molecule has 2 rings (SSSR count). The van der Waals surface area contributed by atoms with E-state index in [1.807, 2.05) is 24.5 Å². The summed E-state index contributed by atoms with van der Waals surface area (Å²) in [6.07, 6.45) is 5.08. The SMILES string of the molecule is COc1ccc(C=Nn2ncnc2SC)cc1OC. The van der Waals surface area contributed by atoms with Gasteiger partial charge in [0, 0.05) is 0 Å². The normalized spacial score (nSPS) is 10.9. The van der Waals surface area contributed by atoms with Crippen molar-refractivity contribution in [2.24, 2.45) is 5.10 Å². The average molecular weight is 278 g/mol. The smallest absolute Gasteiger partial charge is 0.210 e. The second-order valence-electron chi connectivity index (χ2n) is 3.50. The van der Waals surface area contributed by atoms with E-state index < -0.39 is 0 Å². The van der Waals surface area contributed by atoms with Crippen molar-refractivity contribution >= 4 is 18.0 Å². The Morgan fingerprint density at radius 2 is 2.05 bits per heavy atom.